The zero-order chi connectivity index (χ0) is 23.8. The molecule has 2 unspecified atom stereocenters. The third-order valence-electron chi connectivity index (χ3n) is 5.10. The van der Waals surface area contributed by atoms with E-state index in [0.29, 0.717) is 12.1 Å². The van der Waals surface area contributed by atoms with Crippen LogP contribution in [-0.2, 0) is 10.9 Å². The molecule has 0 fully saturated rings. The Morgan fingerprint density at radius 2 is 1.66 bits per heavy atom. The molecule has 0 aliphatic carbocycles. The highest BCUT2D eigenvalue weighted by Gasteiger charge is 2.45. The van der Waals surface area contributed by atoms with Gasteiger partial charge in [-0.3, -0.25) is 0 Å². The molecular formula is C21H19F5O6. The van der Waals surface area contributed by atoms with Crippen molar-refractivity contribution in [2.24, 2.45) is 0 Å². The van der Waals surface area contributed by atoms with E-state index in [1.807, 2.05) is 0 Å². The van der Waals surface area contributed by atoms with Gasteiger partial charge in [-0.15, -0.1) is 0 Å². The average molecular weight is 462 g/mol. The molecule has 1 heterocycles. The number of aliphatic hydroxyl groups excluding tert-OH is 4. The van der Waals surface area contributed by atoms with Gasteiger partial charge in [0.1, 0.15) is 23.8 Å². The standard InChI is InChI=1S/C21H19F5O6/c22-12-3-11(4-13(23)6-12)10-1-2-15(16(5-10)21(24,25)26)17(29)18-19(30)20(31,9-28)7-14(8-27)32-18/h1-6,14,17,27-31H,7-9H2/t14?,17-,20?/m1/s1. The minimum Gasteiger partial charge on any atom is -0.506 e. The largest absolute Gasteiger partial charge is 0.506 e. The van der Waals surface area contributed by atoms with Crippen LogP contribution >= 0.6 is 0 Å². The molecule has 1 aliphatic heterocycles. The van der Waals surface area contributed by atoms with E-state index < -0.39 is 77.9 Å². The molecule has 0 saturated carbocycles. The topological polar surface area (TPSA) is 110 Å². The Labute approximate surface area is 178 Å². The van der Waals surface area contributed by atoms with Gasteiger partial charge in [-0.05, 0) is 29.3 Å². The molecule has 0 radical (unpaired) electrons. The fourth-order valence-corrected chi connectivity index (χ4v) is 3.50. The summed E-state index contributed by atoms with van der Waals surface area (Å²) in [7, 11) is 0. The van der Waals surface area contributed by atoms with Crippen LogP contribution in [0.1, 0.15) is 23.7 Å². The molecule has 3 atom stereocenters. The van der Waals surface area contributed by atoms with E-state index in [0.717, 1.165) is 24.3 Å². The van der Waals surface area contributed by atoms with Crippen molar-refractivity contribution < 1.29 is 52.2 Å². The van der Waals surface area contributed by atoms with Crippen LogP contribution < -0.4 is 0 Å². The van der Waals surface area contributed by atoms with Crippen LogP contribution in [0.25, 0.3) is 11.1 Å². The summed E-state index contributed by atoms with van der Waals surface area (Å²) in [6.07, 6.45) is -8.99. The minimum atomic E-state index is -5.04. The van der Waals surface area contributed by atoms with Crippen molar-refractivity contribution in [1.29, 1.82) is 0 Å². The van der Waals surface area contributed by atoms with Gasteiger partial charge in [0.2, 0.25) is 0 Å². The average Bonchev–Trinajstić information content (AvgIpc) is 2.73. The minimum absolute atomic E-state index is 0.181. The normalized spacial score (nSPS) is 22.6. The summed E-state index contributed by atoms with van der Waals surface area (Å²) < 4.78 is 73.5. The lowest BCUT2D eigenvalue weighted by atomic mass is 9.88. The third kappa shape index (κ3) is 4.56. The maximum atomic E-state index is 13.8. The van der Waals surface area contributed by atoms with Gasteiger partial charge in [0.25, 0.3) is 0 Å². The Morgan fingerprint density at radius 1 is 1.03 bits per heavy atom. The molecule has 0 aromatic heterocycles. The second kappa shape index (κ2) is 8.66. The first kappa shape index (κ1) is 23.9. The van der Waals surface area contributed by atoms with Gasteiger partial charge in [-0.25, -0.2) is 8.78 Å². The Hall–Kier alpha value is -2.73. The number of aliphatic hydroxyl groups is 5. The van der Waals surface area contributed by atoms with Crippen molar-refractivity contribution in [1.82, 2.24) is 0 Å². The molecule has 2 aromatic carbocycles. The van der Waals surface area contributed by atoms with Crippen molar-refractivity contribution in [3.05, 3.63) is 70.7 Å². The molecule has 5 N–H and O–H groups in total. The number of rotatable bonds is 5. The van der Waals surface area contributed by atoms with Crippen molar-refractivity contribution >= 4 is 0 Å². The van der Waals surface area contributed by atoms with Crippen molar-refractivity contribution in [2.75, 3.05) is 13.2 Å². The fraction of sp³-hybridized carbons (Fsp3) is 0.333. The monoisotopic (exact) mass is 462 g/mol. The third-order valence-corrected chi connectivity index (χ3v) is 5.10. The summed E-state index contributed by atoms with van der Waals surface area (Å²) in [4.78, 5) is 0. The summed E-state index contributed by atoms with van der Waals surface area (Å²) in [5.41, 5.74) is -4.91. The maximum absolute atomic E-state index is 13.8. The lowest BCUT2D eigenvalue weighted by Crippen LogP contribution is -2.46. The smallest absolute Gasteiger partial charge is 0.416 e. The number of halogens is 5. The van der Waals surface area contributed by atoms with Gasteiger partial charge >= 0.3 is 6.18 Å². The second-order valence-corrected chi connectivity index (χ2v) is 7.39. The Kier molecular flexibility index (Phi) is 6.47. The predicted molar refractivity (Wildman–Crippen MR) is 100 cm³/mol. The van der Waals surface area contributed by atoms with E-state index >= 15 is 0 Å². The van der Waals surface area contributed by atoms with Gasteiger partial charge in [0.05, 0.1) is 18.8 Å². The van der Waals surface area contributed by atoms with Gasteiger partial charge < -0.3 is 30.3 Å². The van der Waals surface area contributed by atoms with Crippen LogP contribution in [0.3, 0.4) is 0 Å². The van der Waals surface area contributed by atoms with Gasteiger partial charge in [0, 0.05) is 18.1 Å². The van der Waals surface area contributed by atoms with E-state index in [2.05, 4.69) is 0 Å². The van der Waals surface area contributed by atoms with Gasteiger partial charge in [-0.2, -0.15) is 13.2 Å². The highest BCUT2D eigenvalue weighted by atomic mass is 19.4. The molecule has 3 rings (SSSR count). The lowest BCUT2D eigenvalue weighted by Gasteiger charge is -2.37. The number of hydrogen-bond donors (Lipinski definition) is 5. The van der Waals surface area contributed by atoms with Crippen LogP contribution in [-0.4, -0.2) is 50.5 Å². The Morgan fingerprint density at radius 3 is 2.19 bits per heavy atom. The Balaban J connectivity index is 2.13. The number of benzene rings is 2. The van der Waals surface area contributed by atoms with Crippen molar-refractivity contribution in [3.63, 3.8) is 0 Å². The maximum Gasteiger partial charge on any atom is 0.416 e. The SMILES string of the molecule is OCC1CC(O)(CO)C(O)=C([C@H](O)c2ccc(-c3cc(F)cc(F)c3)cc2C(F)(F)F)O1. The lowest BCUT2D eigenvalue weighted by molar-refractivity contribution is -0.140. The first-order chi connectivity index (χ1) is 14.9. The molecule has 0 amide bonds. The summed E-state index contributed by atoms with van der Waals surface area (Å²) in [5.74, 6) is -3.95. The summed E-state index contributed by atoms with van der Waals surface area (Å²) in [6, 6.07) is 4.69. The molecule has 0 saturated heterocycles. The van der Waals surface area contributed by atoms with Gasteiger partial charge in [-0.1, -0.05) is 12.1 Å². The molecule has 11 heteroatoms. The summed E-state index contributed by atoms with van der Waals surface area (Å²) in [5, 5.41) is 49.9. The predicted octanol–water partition coefficient (Wildman–Crippen LogP) is 2.96. The molecule has 174 valence electrons. The van der Waals surface area contributed by atoms with Crippen LogP contribution in [0.15, 0.2) is 47.9 Å². The Bertz CT molecular complexity index is 1020. The van der Waals surface area contributed by atoms with E-state index in [1.165, 1.54) is 0 Å². The van der Waals surface area contributed by atoms with E-state index in [-0.39, 0.29) is 11.1 Å². The van der Waals surface area contributed by atoms with Crippen molar-refractivity contribution in [3.8, 4) is 11.1 Å². The molecule has 0 bridgehead atoms. The van der Waals surface area contributed by atoms with Crippen LogP contribution in [0.2, 0.25) is 0 Å². The summed E-state index contributed by atoms with van der Waals surface area (Å²) in [6.45, 7) is -1.77. The van der Waals surface area contributed by atoms with Crippen LogP contribution in [0.4, 0.5) is 22.0 Å². The van der Waals surface area contributed by atoms with E-state index in [9.17, 15) is 47.5 Å². The van der Waals surface area contributed by atoms with Gasteiger partial charge in [0.15, 0.2) is 17.1 Å². The van der Waals surface area contributed by atoms with Crippen molar-refractivity contribution in [2.45, 2.75) is 30.4 Å². The first-order valence-corrected chi connectivity index (χ1v) is 9.29. The molecular weight excluding hydrogens is 443 g/mol. The van der Waals surface area contributed by atoms with Crippen LogP contribution in [0.5, 0.6) is 0 Å². The fourth-order valence-electron chi connectivity index (χ4n) is 3.50. The van der Waals surface area contributed by atoms with Crippen LogP contribution in [0, 0.1) is 11.6 Å². The van der Waals surface area contributed by atoms with E-state index in [1.54, 1.807) is 0 Å². The molecule has 2 aromatic rings. The molecule has 32 heavy (non-hydrogen) atoms. The highest BCUT2D eigenvalue weighted by molar-refractivity contribution is 5.65. The second-order valence-electron chi connectivity index (χ2n) is 7.39. The molecule has 0 spiro atoms. The zero-order valence-electron chi connectivity index (χ0n) is 16.3. The molecule has 6 nitrogen and oxygen atoms in total. The quantitative estimate of drug-likeness (QED) is 0.437. The van der Waals surface area contributed by atoms with E-state index in [4.69, 9.17) is 4.74 Å². The zero-order valence-corrected chi connectivity index (χ0v) is 16.3. The number of alkyl halides is 3. The molecule has 1 aliphatic rings. The summed E-state index contributed by atoms with van der Waals surface area (Å²) >= 11 is 0. The highest BCUT2D eigenvalue weighted by Crippen LogP contribution is 2.42. The number of ether oxygens (including phenoxy) is 1. The number of hydrogen-bond acceptors (Lipinski definition) is 6. The first-order valence-electron chi connectivity index (χ1n) is 9.29.